The number of carbonyl (C=O) groups is 2. The van der Waals surface area contributed by atoms with E-state index in [1.54, 1.807) is 6.92 Å². The van der Waals surface area contributed by atoms with Gasteiger partial charge in [0.25, 0.3) is 0 Å². The molecule has 0 bridgehead atoms. The van der Waals surface area contributed by atoms with Gasteiger partial charge < -0.3 is 10.1 Å². The average Bonchev–Trinajstić information content (AvgIpc) is 2.89. The minimum atomic E-state index is -4.53. The summed E-state index contributed by atoms with van der Waals surface area (Å²) in [6, 6.07) is 0. The molecule has 0 spiro atoms. The highest BCUT2D eigenvalue weighted by Crippen LogP contribution is 2.27. The van der Waals surface area contributed by atoms with Crippen molar-refractivity contribution in [1.82, 2.24) is 9.78 Å². The third-order valence-corrected chi connectivity index (χ3v) is 3.88. The topological polar surface area (TPSA) is 73.2 Å². The summed E-state index contributed by atoms with van der Waals surface area (Å²) >= 11 is 0. The van der Waals surface area contributed by atoms with Crippen LogP contribution in [0.2, 0.25) is 0 Å². The van der Waals surface area contributed by atoms with Gasteiger partial charge in [-0.15, -0.1) is 0 Å². The molecular formula is C15H20F3N3O3. The molecule has 0 saturated heterocycles. The maximum absolute atomic E-state index is 12.7. The summed E-state index contributed by atoms with van der Waals surface area (Å²) in [4.78, 5) is 24.2. The van der Waals surface area contributed by atoms with Crippen LogP contribution in [0.3, 0.4) is 0 Å². The third-order valence-electron chi connectivity index (χ3n) is 3.88. The quantitative estimate of drug-likeness (QED) is 0.831. The van der Waals surface area contributed by atoms with Crippen LogP contribution in [0.25, 0.3) is 0 Å². The molecule has 1 aromatic rings. The standard InChI is InChI=1S/C15H20F3N3O3/c1-2-24-14(23)11-8-19-21(9-15(16,17)18)12(11)20-13(22)10-6-4-3-5-7-10/h8,10H,2-7,9H2,1H3,(H,20,22). The molecule has 1 aliphatic carbocycles. The van der Waals surface area contributed by atoms with Gasteiger partial charge in [0, 0.05) is 5.92 Å². The van der Waals surface area contributed by atoms with Crippen LogP contribution in [0, 0.1) is 5.92 Å². The number of esters is 1. The van der Waals surface area contributed by atoms with Crippen molar-refractivity contribution in [3.63, 3.8) is 0 Å². The summed E-state index contributed by atoms with van der Waals surface area (Å²) < 4.78 is 43.4. The predicted octanol–water partition coefficient (Wildman–Crippen LogP) is 3.14. The molecule has 1 aromatic heterocycles. The SMILES string of the molecule is CCOC(=O)c1cnn(CC(F)(F)F)c1NC(=O)C1CCCCC1. The first-order valence-electron chi connectivity index (χ1n) is 7.92. The van der Waals surface area contributed by atoms with Crippen LogP contribution in [0.1, 0.15) is 49.4 Å². The Labute approximate surface area is 137 Å². The van der Waals surface area contributed by atoms with Crippen molar-refractivity contribution in [2.24, 2.45) is 5.92 Å². The monoisotopic (exact) mass is 347 g/mol. The van der Waals surface area contributed by atoms with E-state index < -0.39 is 18.7 Å². The molecule has 0 atom stereocenters. The molecule has 134 valence electrons. The van der Waals surface area contributed by atoms with E-state index in [-0.39, 0.29) is 29.8 Å². The molecule has 0 aliphatic heterocycles. The van der Waals surface area contributed by atoms with Crippen LogP contribution < -0.4 is 5.32 Å². The van der Waals surface area contributed by atoms with E-state index in [0.29, 0.717) is 17.5 Å². The Kier molecular flexibility index (Phi) is 5.84. The molecule has 9 heteroatoms. The number of nitrogens with zero attached hydrogens (tertiary/aromatic N) is 2. The van der Waals surface area contributed by atoms with E-state index >= 15 is 0 Å². The number of anilines is 1. The lowest BCUT2D eigenvalue weighted by molar-refractivity contribution is -0.142. The van der Waals surface area contributed by atoms with Gasteiger partial charge in [-0.3, -0.25) is 4.79 Å². The van der Waals surface area contributed by atoms with Crippen molar-refractivity contribution in [1.29, 1.82) is 0 Å². The molecule has 1 fully saturated rings. The number of hydrogen-bond acceptors (Lipinski definition) is 4. The molecule has 6 nitrogen and oxygen atoms in total. The van der Waals surface area contributed by atoms with Gasteiger partial charge in [-0.2, -0.15) is 18.3 Å². The molecule has 0 aromatic carbocycles. The van der Waals surface area contributed by atoms with Crippen LogP contribution in [0.15, 0.2) is 6.20 Å². The Morgan fingerprint density at radius 2 is 2.00 bits per heavy atom. The summed E-state index contributed by atoms with van der Waals surface area (Å²) in [5.74, 6) is -1.72. The number of aromatic nitrogens is 2. The van der Waals surface area contributed by atoms with Gasteiger partial charge in [-0.25, -0.2) is 9.48 Å². The Bertz CT molecular complexity index is 593. The van der Waals surface area contributed by atoms with Gasteiger partial charge in [0.1, 0.15) is 17.9 Å². The lowest BCUT2D eigenvalue weighted by Gasteiger charge is -2.21. The number of carbonyl (C=O) groups excluding carboxylic acids is 2. The Morgan fingerprint density at radius 1 is 1.33 bits per heavy atom. The summed E-state index contributed by atoms with van der Waals surface area (Å²) in [6.07, 6.45) is 0.698. The van der Waals surface area contributed by atoms with Crippen LogP contribution in [0.5, 0.6) is 0 Å². The molecule has 1 aliphatic rings. The van der Waals surface area contributed by atoms with Crippen molar-refractivity contribution in [2.45, 2.75) is 51.7 Å². The van der Waals surface area contributed by atoms with Gasteiger partial charge in [0.2, 0.25) is 5.91 Å². The first-order chi connectivity index (χ1) is 11.3. The second kappa shape index (κ2) is 7.67. The van der Waals surface area contributed by atoms with Crippen molar-refractivity contribution < 1.29 is 27.5 Å². The van der Waals surface area contributed by atoms with Crippen molar-refractivity contribution in [2.75, 3.05) is 11.9 Å². The number of nitrogens with one attached hydrogen (secondary N) is 1. The summed E-state index contributed by atoms with van der Waals surface area (Å²) in [7, 11) is 0. The van der Waals surface area contributed by atoms with E-state index in [1.165, 1.54) is 0 Å². The van der Waals surface area contributed by atoms with Crippen LogP contribution >= 0.6 is 0 Å². The molecule has 1 heterocycles. The fraction of sp³-hybridized carbons (Fsp3) is 0.667. The molecule has 1 N–H and O–H groups in total. The highest BCUT2D eigenvalue weighted by atomic mass is 19.4. The zero-order chi connectivity index (χ0) is 17.7. The zero-order valence-electron chi connectivity index (χ0n) is 13.4. The van der Waals surface area contributed by atoms with E-state index in [2.05, 4.69) is 10.4 Å². The number of alkyl halides is 3. The molecule has 1 saturated carbocycles. The van der Waals surface area contributed by atoms with Crippen molar-refractivity contribution in [3.8, 4) is 0 Å². The average molecular weight is 347 g/mol. The number of amides is 1. The largest absolute Gasteiger partial charge is 0.462 e. The Balaban J connectivity index is 2.24. The third kappa shape index (κ3) is 4.72. The summed E-state index contributed by atoms with van der Waals surface area (Å²) in [6.45, 7) is 0.254. The van der Waals surface area contributed by atoms with E-state index in [9.17, 15) is 22.8 Å². The maximum atomic E-state index is 12.7. The van der Waals surface area contributed by atoms with Gasteiger partial charge in [-0.05, 0) is 19.8 Å². The highest BCUT2D eigenvalue weighted by molar-refractivity contribution is 6.00. The van der Waals surface area contributed by atoms with Gasteiger partial charge >= 0.3 is 12.1 Å². The number of ether oxygens (including phenoxy) is 1. The second-order valence-corrected chi connectivity index (χ2v) is 5.72. The lowest BCUT2D eigenvalue weighted by atomic mass is 9.88. The van der Waals surface area contributed by atoms with Crippen LogP contribution in [0.4, 0.5) is 19.0 Å². The lowest BCUT2D eigenvalue weighted by Crippen LogP contribution is -2.28. The first-order valence-corrected chi connectivity index (χ1v) is 7.92. The molecule has 2 rings (SSSR count). The zero-order valence-corrected chi connectivity index (χ0v) is 13.4. The van der Waals surface area contributed by atoms with E-state index in [4.69, 9.17) is 4.74 Å². The van der Waals surface area contributed by atoms with Gasteiger partial charge in [-0.1, -0.05) is 19.3 Å². The van der Waals surface area contributed by atoms with Crippen LogP contribution in [-0.4, -0.2) is 34.4 Å². The fourth-order valence-electron chi connectivity index (χ4n) is 2.75. The van der Waals surface area contributed by atoms with Crippen molar-refractivity contribution >= 4 is 17.7 Å². The molecule has 0 radical (unpaired) electrons. The number of hydrogen-bond donors (Lipinski definition) is 1. The Hall–Kier alpha value is -2.06. The van der Waals surface area contributed by atoms with E-state index in [0.717, 1.165) is 25.5 Å². The summed E-state index contributed by atoms with van der Waals surface area (Å²) in [5.41, 5.74) is -0.176. The second-order valence-electron chi connectivity index (χ2n) is 5.72. The predicted molar refractivity (Wildman–Crippen MR) is 79.4 cm³/mol. The van der Waals surface area contributed by atoms with Crippen molar-refractivity contribution in [3.05, 3.63) is 11.8 Å². The minimum absolute atomic E-state index is 0.0687. The van der Waals surface area contributed by atoms with Gasteiger partial charge in [0.15, 0.2) is 0 Å². The number of rotatable bonds is 5. The fourth-order valence-corrected chi connectivity index (χ4v) is 2.75. The van der Waals surface area contributed by atoms with Crippen LogP contribution in [-0.2, 0) is 16.1 Å². The minimum Gasteiger partial charge on any atom is -0.462 e. The first kappa shape index (κ1) is 18.3. The molecular weight excluding hydrogens is 327 g/mol. The van der Waals surface area contributed by atoms with Gasteiger partial charge in [0.05, 0.1) is 12.8 Å². The number of halogens is 3. The molecule has 0 unspecified atom stereocenters. The normalized spacial score (nSPS) is 16.0. The van der Waals surface area contributed by atoms with E-state index in [1.807, 2.05) is 0 Å². The molecule has 1 amide bonds. The highest BCUT2D eigenvalue weighted by Gasteiger charge is 2.32. The Morgan fingerprint density at radius 3 is 2.58 bits per heavy atom. The smallest absolute Gasteiger partial charge is 0.408 e. The molecule has 24 heavy (non-hydrogen) atoms. The summed E-state index contributed by atoms with van der Waals surface area (Å²) in [5, 5.41) is 6.04. The maximum Gasteiger partial charge on any atom is 0.408 e.